The molecule has 1 nitrogen and oxygen atoms in total. The highest BCUT2D eigenvalue weighted by molar-refractivity contribution is 5.34. The van der Waals surface area contributed by atoms with Gasteiger partial charge in [-0.25, -0.2) is 0 Å². The van der Waals surface area contributed by atoms with Crippen molar-refractivity contribution in [2.24, 2.45) is 0 Å². The number of rotatable bonds is 4. The highest BCUT2D eigenvalue weighted by Gasteiger charge is 2.05. The molecule has 1 heteroatoms. The Morgan fingerprint density at radius 3 is 1.42 bits per heavy atom. The summed E-state index contributed by atoms with van der Waals surface area (Å²) in [6.45, 7) is 0. The summed E-state index contributed by atoms with van der Waals surface area (Å²) < 4.78 is 0. The molecule has 1 N–H and O–H groups in total. The fourth-order valence-electron chi connectivity index (χ4n) is 2.39. The third-order valence-electron chi connectivity index (χ3n) is 3.40. The second-order valence-corrected chi connectivity index (χ2v) is 4.83. The third kappa shape index (κ3) is 2.94. The Balaban J connectivity index is 1.79. The summed E-state index contributed by atoms with van der Waals surface area (Å²) in [5.74, 6) is 0. The van der Waals surface area contributed by atoms with Crippen molar-refractivity contribution >= 4 is 0 Å². The van der Waals surface area contributed by atoms with Crippen molar-refractivity contribution in [3.8, 4) is 0 Å². The predicted octanol–water partition coefficient (Wildman–Crippen LogP) is 4.20. The Hall–Kier alpha value is -2.28. The van der Waals surface area contributed by atoms with Gasteiger partial charge in [0, 0.05) is 12.4 Å². The molecule has 3 rings (SSSR count). The minimum atomic E-state index is 0.993. The molecule has 0 amide bonds. The normalized spacial score (nSPS) is 10.5. The van der Waals surface area contributed by atoms with Crippen molar-refractivity contribution < 1.29 is 0 Å². The number of aromatic amines is 1. The first-order valence-corrected chi connectivity index (χ1v) is 6.64. The second kappa shape index (κ2) is 5.57. The Kier molecular flexibility index (Phi) is 3.46. The van der Waals surface area contributed by atoms with Crippen LogP contribution in [0.5, 0.6) is 0 Å². The second-order valence-electron chi connectivity index (χ2n) is 4.83. The van der Waals surface area contributed by atoms with Gasteiger partial charge in [0.05, 0.1) is 0 Å². The van der Waals surface area contributed by atoms with E-state index in [2.05, 4.69) is 78.0 Å². The van der Waals surface area contributed by atoms with E-state index < -0.39 is 0 Å². The highest BCUT2D eigenvalue weighted by Crippen LogP contribution is 2.17. The van der Waals surface area contributed by atoms with Crippen LogP contribution >= 0.6 is 0 Å². The summed E-state index contributed by atoms with van der Waals surface area (Å²) in [5.41, 5.74) is 5.48. The molecule has 19 heavy (non-hydrogen) atoms. The monoisotopic (exact) mass is 247 g/mol. The van der Waals surface area contributed by atoms with Crippen molar-refractivity contribution in [2.75, 3.05) is 0 Å². The fraction of sp³-hybridized carbons (Fsp3) is 0.111. The number of aromatic nitrogens is 1. The maximum atomic E-state index is 3.24. The highest BCUT2D eigenvalue weighted by atomic mass is 14.6. The zero-order valence-electron chi connectivity index (χ0n) is 10.8. The van der Waals surface area contributed by atoms with Crippen LogP contribution in [0.15, 0.2) is 73.1 Å². The summed E-state index contributed by atoms with van der Waals surface area (Å²) in [6.07, 6.45) is 6.22. The molecular weight excluding hydrogens is 230 g/mol. The van der Waals surface area contributed by atoms with Gasteiger partial charge in [-0.2, -0.15) is 0 Å². The van der Waals surface area contributed by atoms with Crippen LogP contribution in [0, 0.1) is 0 Å². The van der Waals surface area contributed by atoms with Crippen LogP contribution in [0.3, 0.4) is 0 Å². The minimum absolute atomic E-state index is 0.993. The maximum Gasteiger partial charge on any atom is 0.00437 e. The van der Waals surface area contributed by atoms with Crippen LogP contribution in [0.25, 0.3) is 0 Å². The van der Waals surface area contributed by atoms with Crippen molar-refractivity contribution in [2.45, 2.75) is 12.8 Å². The Labute approximate surface area is 113 Å². The van der Waals surface area contributed by atoms with Gasteiger partial charge in [0.25, 0.3) is 0 Å². The summed E-state index contributed by atoms with van der Waals surface area (Å²) in [5, 5.41) is 0. The first kappa shape index (κ1) is 11.8. The summed E-state index contributed by atoms with van der Waals surface area (Å²) in [6, 6.07) is 21.2. The molecule has 0 saturated carbocycles. The van der Waals surface area contributed by atoms with Crippen molar-refractivity contribution in [3.63, 3.8) is 0 Å². The quantitative estimate of drug-likeness (QED) is 0.711. The van der Waals surface area contributed by atoms with Gasteiger partial charge in [0.15, 0.2) is 0 Å². The van der Waals surface area contributed by atoms with Crippen LogP contribution in [0.4, 0.5) is 0 Å². The van der Waals surface area contributed by atoms with E-state index in [0.717, 1.165) is 12.8 Å². The van der Waals surface area contributed by atoms with E-state index in [0.29, 0.717) is 0 Å². The van der Waals surface area contributed by atoms with Crippen LogP contribution in [0.2, 0.25) is 0 Å². The summed E-state index contributed by atoms with van der Waals surface area (Å²) >= 11 is 0. The van der Waals surface area contributed by atoms with Gasteiger partial charge < -0.3 is 4.98 Å². The SMILES string of the molecule is c1ccc(Cc2c[nH]cc2Cc2ccccc2)cc1. The molecule has 0 aliphatic rings. The van der Waals surface area contributed by atoms with Crippen molar-refractivity contribution in [1.29, 1.82) is 0 Å². The van der Waals surface area contributed by atoms with Crippen LogP contribution in [-0.2, 0) is 12.8 Å². The van der Waals surface area contributed by atoms with Crippen molar-refractivity contribution in [3.05, 3.63) is 95.3 Å². The zero-order valence-corrected chi connectivity index (χ0v) is 10.8. The Morgan fingerprint density at radius 1 is 0.579 bits per heavy atom. The predicted molar refractivity (Wildman–Crippen MR) is 79.3 cm³/mol. The van der Waals surface area contributed by atoms with Gasteiger partial charge in [0.1, 0.15) is 0 Å². The molecule has 2 aromatic carbocycles. The van der Waals surface area contributed by atoms with E-state index in [-0.39, 0.29) is 0 Å². The average molecular weight is 247 g/mol. The smallest absolute Gasteiger partial charge is 0.00437 e. The molecule has 0 radical (unpaired) electrons. The van der Waals surface area contributed by atoms with E-state index in [9.17, 15) is 0 Å². The molecule has 0 aliphatic carbocycles. The standard InChI is InChI=1S/C18H17N/c1-3-7-15(8-4-1)11-17-13-19-14-18(17)12-16-9-5-2-6-10-16/h1-10,13-14,19H,11-12H2. The molecule has 0 saturated heterocycles. The van der Waals surface area contributed by atoms with E-state index in [4.69, 9.17) is 0 Å². The molecule has 0 spiro atoms. The lowest BCUT2D eigenvalue weighted by atomic mass is 9.99. The molecule has 1 heterocycles. The third-order valence-corrected chi connectivity index (χ3v) is 3.40. The first-order chi connectivity index (χ1) is 9.42. The molecule has 0 fully saturated rings. The molecular formula is C18H17N. The fourth-order valence-corrected chi connectivity index (χ4v) is 2.39. The number of hydrogen-bond acceptors (Lipinski definition) is 0. The number of nitrogens with one attached hydrogen (secondary N) is 1. The van der Waals surface area contributed by atoms with E-state index in [1.54, 1.807) is 0 Å². The Morgan fingerprint density at radius 2 is 1.00 bits per heavy atom. The minimum Gasteiger partial charge on any atom is -0.367 e. The number of benzene rings is 2. The summed E-state index contributed by atoms with van der Waals surface area (Å²) in [4.78, 5) is 3.24. The van der Waals surface area contributed by atoms with Crippen LogP contribution < -0.4 is 0 Å². The first-order valence-electron chi connectivity index (χ1n) is 6.64. The lowest BCUT2D eigenvalue weighted by molar-refractivity contribution is 1.11. The lowest BCUT2D eigenvalue weighted by Gasteiger charge is -2.04. The van der Waals surface area contributed by atoms with Crippen LogP contribution in [-0.4, -0.2) is 4.98 Å². The van der Waals surface area contributed by atoms with Crippen molar-refractivity contribution in [1.82, 2.24) is 4.98 Å². The van der Waals surface area contributed by atoms with E-state index in [1.165, 1.54) is 22.3 Å². The zero-order chi connectivity index (χ0) is 12.9. The van der Waals surface area contributed by atoms with E-state index >= 15 is 0 Å². The molecule has 0 atom stereocenters. The average Bonchev–Trinajstić information content (AvgIpc) is 2.88. The summed E-state index contributed by atoms with van der Waals surface area (Å²) in [7, 11) is 0. The molecule has 94 valence electrons. The van der Waals surface area contributed by atoms with Gasteiger partial charge in [-0.15, -0.1) is 0 Å². The van der Waals surface area contributed by atoms with Gasteiger partial charge in [-0.05, 0) is 35.1 Å². The number of H-pyrrole nitrogens is 1. The molecule has 0 aliphatic heterocycles. The molecule has 0 unspecified atom stereocenters. The van der Waals surface area contributed by atoms with Gasteiger partial charge in [-0.1, -0.05) is 60.7 Å². The van der Waals surface area contributed by atoms with Gasteiger partial charge in [0.2, 0.25) is 0 Å². The lowest BCUT2D eigenvalue weighted by Crippen LogP contribution is -1.93. The molecule has 0 bridgehead atoms. The number of hydrogen-bond donors (Lipinski definition) is 1. The Bertz CT molecular complexity index is 567. The maximum absolute atomic E-state index is 3.24. The largest absolute Gasteiger partial charge is 0.367 e. The molecule has 3 aromatic rings. The van der Waals surface area contributed by atoms with Gasteiger partial charge in [-0.3, -0.25) is 0 Å². The van der Waals surface area contributed by atoms with E-state index in [1.807, 2.05) is 0 Å². The van der Waals surface area contributed by atoms with Gasteiger partial charge >= 0.3 is 0 Å². The van der Waals surface area contributed by atoms with Crippen LogP contribution in [0.1, 0.15) is 22.3 Å². The molecule has 1 aromatic heterocycles. The topological polar surface area (TPSA) is 15.8 Å².